The molecule has 2 bridgehead atoms. The summed E-state index contributed by atoms with van der Waals surface area (Å²) >= 11 is 0. The molecule has 1 amide bonds. The van der Waals surface area contributed by atoms with Crippen LogP contribution in [-0.2, 0) is 11.2 Å². The van der Waals surface area contributed by atoms with Crippen molar-refractivity contribution in [2.45, 2.75) is 70.8 Å². The number of hydrogen-bond acceptors (Lipinski definition) is 3. The number of benzene rings is 1. The third-order valence-electron chi connectivity index (χ3n) is 8.08. The van der Waals surface area contributed by atoms with Crippen molar-refractivity contribution in [2.75, 3.05) is 20.1 Å². The highest BCUT2D eigenvalue weighted by atomic mass is 16.2. The SMILES string of the molecule is CCNC(=O)CC1C=C2C[C@@H](Cc3cn(C(=O)CCC4CCCC4)c4cccc2c34)N(C)C1. The first kappa shape index (κ1) is 22.4. The lowest BCUT2D eigenvalue weighted by atomic mass is 9.94. The molecule has 1 aromatic carbocycles. The minimum atomic E-state index is 0.125. The summed E-state index contributed by atoms with van der Waals surface area (Å²) in [5, 5.41) is 4.20. The number of carbonyl (C=O) groups excluding carboxylic acids is 2. The number of fused-ring (bicyclic) bond motifs is 3. The molecule has 1 unspecified atom stereocenters. The van der Waals surface area contributed by atoms with Crippen molar-refractivity contribution in [3.8, 4) is 0 Å². The zero-order valence-electron chi connectivity index (χ0n) is 20.1. The molecule has 0 radical (unpaired) electrons. The van der Waals surface area contributed by atoms with Crippen LogP contribution in [0.2, 0.25) is 0 Å². The van der Waals surface area contributed by atoms with Gasteiger partial charge in [-0.25, -0.2) is 0 Å². The Hall–Kier alpha value is -2.40. The van der Waals surface area contributed by atoms with E-state index >= 15 is 0 Å². The van der Waals surface area contributed by atoms with Gasteiger partial charge in [0.15, 0.2) is 0 Å². The average molecular weight is 448 g/mol. The molecule has 1 saturated carbocycles. The van der Waals surface area contributed by atoms with Crippen LogP contribution in [0.15, 0.2) is 30.5 Å². The highest BCUT2D eigenvalue weighted by Crippen LogP contribution is 2.40. The maximum Gasteiger partial charge on any atom is 0.231 e. The molecule has 3 aliphatic rings. The van der Waals surface area contributed by atoms with Gasteiger partial charge < -0.3 is 10.2 Å². The third-order valence-corrected chi connectivity index (χ3v) is 8.08. The molecule has 2 aliphatic carbocycles. The van der Waals surface area contributed by atoms with Crippen molar-refractivity contribution < 1.29 is 9.59 Å². The molecule has 0 spiro atoms. The van der Waals surface area contributed by atoms with Gasteiger partial charge in [-0.2, -0.15) is 0 Å². The number of aromatic nitrogens is 1. The van der Waals surface area contributed by atoms with E-state index in [4.69, 9.17) is 0 Å². The van der Waals surface area contributed by atoms with Crippen molar-refractivity contribution in [3.05, 3.63) is 41.6 Å². The van der Waals surface area contributed by atoms with Gasteiger partial charge >= 0.3 is 0 Å². The highest BCUT2D eigenvalue weighted by molar-refractivity contribution is 6.01. The van der Waals surface area contributed by atoms with E-state index in [-0.39, 0.29) is 17.7 Å². The second-order valence-corrected chi connectivity index (χ2v) is 10.4. The number of nitrogens with one attached hydrogen (secondary N) is 1. The Kier molecular flexibility index (Phi) is 6.42. The molecular formula is C28H37N3O2. The molecule has 5 rings (SSSR count). The molecule has 33 heavy (non-hydrogen) atoms. The summed E-state index contributed by atoms with van der Waals surface area (Å²) in [6.07, 6.45) is 13.8. The van der Waals surface area contributed by atoms with Gasteiger partial charge in [-0.1, -0.05) is 43.9 Å². The zero-order chi connectivity index (χ0) is 22.9. The third kappa shape index (κ3) is 4.52. The molecule has 1 N–H and O–H groups in total. The summed E-state index contributed by atoms with van der Waals surface area (Å²) in [6, 6.07) is 6.80. The minimum Gasteiger partial charge on any atom is -0.356 e. The Labute approximate surface area is 197 Å². The summed E-state index contributed by atoms with van der Waals surface area (Å²) in [7, 11) is 2.18. The highest BCUT2D eigenvalue weighted by Gasteiger charge is 2.31. The van der Waals surface area contributed by atoms with E-state index in [0.717, 1.165) is 37.2 Å². The van der Waals surface area contributed by atoms with Crippen molar-refractivity contribution in [3.63, 3.8) is 0 Å². The number of nitrogens with zero attached hydrogens (tertiary/aromatic N) is 2. The minimum absolute atomic E-state index is 0.125. The van der Waals surface area contributed by atoms with Crippen LogP contribution in [0.3, 0.4) is 0 Å². The smallest absolute Gasteiger partial charge is 0.231 e. The molecule has 176 valence electrons. The summed E-state index contributed by atoms with van der Waals surface area (Å²) in [5.74, 6) is 1.29. The normalized spacial score (nSPS) is 23.3. The first-order valence-electron chi connectivity index (χ1n) is 12.9. The molecule has 2 aromatic rings. The summed E-state index contributed by atoms with van der Waals surface area (Å²) < 4.78 is 1.94. The van der Waals surface area contributed by atoms with Crippen molar-refractivity contribution in [1.82, 2.24) is 14.8 Å². The topological polar surface area (TPSA) is 54.3 Å². The molecule has 2 atom stereocenters. The van der Waals surface area contributed by atoms with E-state index in [0.29, 0.717) is 25.4 Å². The fourth-order valence-electron chi connectivity index (χ4n) is 6.39. The molecule has 1 aliphatic heterocycles. The second-order valence-electron chi connectivity index (χ2n) is 10.4. The van der Waals surface area contributed by atoms with Crippen LogP contribution < -0.4 is 5.32 Å². The van der Waals surface area contributed by atoms with E-state index in [1.54, 1.807) is 0 Å². The van der Waals surface area contributed by atoms with E-state index < -0.39 is 0 Å². The quantitative estimate of drug-likeness (QED) is 0.675. The van der Waals surface area contributed by atoms with Gasteiger partial charge in [0.2, 0.25) is 11.8 Å². The molecule has 5 heteroatoms. The predicted octanol–water partition coefficient (Wildman–Crippen LogP) is 5.04. The maximum absolute atomic E-state index is 13.3. The monoisotopic (exact) mass is 447 g/mol. The van der Waals surface area contributed by atoms with Gasteiger partial charge in [0, 0.05) is 43.6 Å². The van der Waals surface area contributed by atoms with Gasteiger partial charge in [0.05, 0.1) is 5.52 Å². The maximum atomic E-state index is 13.3. The second kappa shape index (κ2) is 9.46. The average Bonchev–Trinajstić information content (AvgIpc) is 3.37. The Morgan fingerprint density at radius 1 is 1.15 bits per heavy atom. The van der Waals surface area contributed by atoms with Crippen LogP contribution >= 0.6 is 0 Å². The number of rotatable bonds is 6. The lowest BCUT2D eigenvalue weighted by Crippen LogP contribution is -2.36. The van der Waals surface area contributed by atoms with Crippen molar-refractivity contribution >= 4 is 28.3 Å². The van der Waals surface area contributed by atoms with E-state index in [9.17, 15) is 9.59 Å². The standard InChI is InChI=1S/C28H37N3O2/c1-3-29-26(32)14-20-13-21-15-23(30(2)17-20)16-22-18-31(25-10-6-9-24(21)28(22)25)27(33)12-11-19-7-4-5-8-19/h6,9-10,13,18-20,23H,3-5,7-8,11-12,14-17H2,1-2H3,(H,29,32)/t20?,23-/m0/s1. The lowest BCUT2D eigenvalue weighted by Gasteiger charge is -2.27. The first-order valence-corrected chi connectivity index (χ1v) is 12.9. The van der Waals surface area contributed by atoms with Crippen molar-refractivity contribution in [1.29, 1.82) is 0 Å². The van der Waals surface area contributed by atoms with Crippen LogP contribution in [-0.4, -0.2) is 47.5 Å². The van der Waals surface area contributed by atoms with Crippen LogP contribution in [0.4, 0.5) is 0 Å². The van der Waals surface area contributed by atoms with Crippen LogP contribution in [0.25, 0.3) is 16.5 Å². The fourth-order valence-corrected chi connectivity index (χ4v) is 6.39. The predicted molar refractivity (Wildman–Crippen MR) is 133 cm³/mol. The largest absolute Gasteiger partial charge is 0.356 e. The number of likely N-dealkylation sites (N-methyl/N-ethyl adjacent to an activating group) is 1. The summed E-state index contributed by atoms with van der Waals surface area (Å²) in [4.78, 5) is 28.0. The molecule has 2 heterocycles. The fraction of sp³-hybridized carbons (Fsp3) is 0.571. The van der Waals surface area contributed by atoms with Gasteiger partial charge in [-0.05, 0) is 67.8 Å². The number of hydrogen-bond donors (Lipinski definition) is 1. The van der Waals surface area contributed by atoms with E-state index in [2.05, 4.69) is 47.7 Å². The Morgan fingerprint density at radius 2 is 1.97 bits per heavy atom. The van der Waals surface area contributed by atoms with E-state index in [1.807, 2.05) is 11.5 Å². The van der Waals surface area contributed by atoms with Crippen LogP contribution in [0, 0.1) is 11.8 Å². The Balaban J connectivity index is 1.48. The molecule has 1 aromatic heterocycles. The first-order chi connectivity index (χ1) is 16.0. The molecule has 0 saturated heterocycles. The van der Waals surface area contributed by atoms with Gasteiger partial charge in [0.1, 0.15) is 0 Å². The molecular weight excluding hydrogens is 410 g/mol. The van der Waals surface area contributed by atoms with Crippen molar-refractivity contribution in [2.24, 2.45) is 11.8 Å². The summed E-state index contributed by atoms with van der Waals surface area (Å²) in [6.45, 7) is 3.53. The van der Waals surface area contributed by atoms with Gasteiger partial charge in [0.25, 0.3) is 0 Å². The van der Waals surface area contributed by atoms with Gasteiger partial charge in [-0.3, -0.25) is 14.2 Å². The molecule has 5 nitrogen and oxygen atoms in total. The zero-order valence-corrected chi connectivity index (χ0v) is 20.1. The number of amides is 1. The number of carbonyl (C=O) groups is 2. The Morgan fingerprint density at radius 3 is 2.76 bits per heavy atom. The molecule has 1 fully saturated rings. The summed E-state index contributed by atoms with van der Waals surface area (Å²) in [5.41, 5.74) is 4.92. The Bertz CT molecular complexity index is 1080. The van der Waals surface area contributed by atoms with Crippen LogP contribution in [0.5, 0.6) is 0 Å². The van der Waals surface area contributed by atoms with E-state index in [1.165, 1.54) is 47.8 Å². The van der Waals surface area contributed by atoms with Crippen LogP contribution in [0.1, 0.15) is 74.2 Å². The lowest BCUT2D eigenvalue weighted by molar-refractivity contribution is -0.121. The van der Waals surface area contributed by atoms with Gasteiger partial charge in [-0.15, -0.1) is 0 Å².